The van der Waals surface area contributed by atoms with Crippen molar-refractivity contribution in [1.29, 1.82) is 0 Å². The fourth-order valence-electron chi connectivity index (χ4n) is 1.71. The van der Waals surface area contributed by atoms with Gasteiger partial charge in [-0.1, -0.05) is 0 Å². The van der Waals surface area contributed by atoms with Gasteiger partial charge in [0.15, 0.2) is 0 Å². The van der Waals surface area contributed by atoms with E-state index in [0.29, 0.717) is 6.54 Å². The number of halogens is 1. The van der Waals surface area contributed by atoms with Gasteiger partial charge in [-0.2, -0.15) is 0 Å². The number of nitrogens with zero attached hydrogens (tertiary/aromatic N) is 4. The number of aliphatic hydroxyl groups excluding tert-OH is 1. The molecule has 136 valence electrons. The molecule has 25 heavy (non-hydrogen) atoms. The quantitative estimate of drug-likeness (QED) is 0.454. The molecule has 1 atom stereocenters. The average Bonchev–Trinajstić information content (AvgIpc) is 2.99. The Morgan fingerprint density at radius 2 is 1.92 bits per heavy atom. The van der Waals surface area contributed by atoms with E-state index in [9.17, 15) is 5.11 Å². The topological polar surface area (TPSA) is 89.4 Å². The summed E-state index contributed by atoms with van der Waals surface area (Å²) in [5.41, 5.74) is 1.91. The molecule has 1 aromatic heterocycles. The molecule has 2 aromatic rings. The molecule has 1 unspecified atom stereocenters. The first-order valence-electron chi connectivity index (χ1n) is 7.43. The number of aromatic nitrogens is 1. The minimum Gasteiger partial charge on any atom is -0.481 e. The molecular weight excluding hydrogens is 364 g/mol. The molecule has 0 saturated heterocycles. The first-order valence-corrected chi connectivity index (χ1v) is 8.84. The molecule has 0 bridgehead atoms. The Kier molecular flexibility index (Phi) is 9.04. The highest BCUT2D eigenvalue weighted by Gasteiger charge is 2.15. The van der Waals surface area contributed by atoms with Gasteiger partial charge in [-0.25, -0.2) is 4.57 Å². The molecule has 0 aliphatic heterocycles. The van der Waals surface area contributed by atoms with E-state index in [1.54, 1.807) is 0 Å². The third-order valence-electron chi connectivity index (χ3n) is 2.86. The second-order valence-corrected chi connectivity index (χ2v) is 6.46. The Bertz CT molecular complexity index is 685. The van der Waals surface area contributed by atoms with Crippen LogP contribution in [0.2, 0.25) is 0 Å². The van der Waals surface area contributed by atoms with Gasteiger partial charge in [-0.15, -0.1) is 11.6 Å². The Labute approximate surface area is 155 Å². The highest BCUT2D eigenvalue weighted by Crippen LogP contribution is 2.21. The molecule has 2 rings (SSSR count). The summed E-state index contributed by atoms with van der Waals surface area (Å²) in [7, 11) is 3.99. The van der Waals surface area contributed by atoms with Gasteiger partial charge >= 0.3 is 5.13 Å². The van der Waals surface area contributed by atoms with Crippen molar-refractivity contribution >= 4 is 45.4 Å². The van der Waals surface area contributed by atoms with E-state index in [0.717, 1.165) is 23.4 Å². The lowest BCUT2D eigenvalue weighted by Gasteiger charge is -2.11. The number of alkyl halides is 1. The Morgan fingerprint density at radius 1 is 1.32 bits per heavy atom. The van der Waals surface area contributed by atoms with E-state index >= 15 is 0 Å². The summed E-state index contributed by atoms with van der Waals surface area (Å²) < 4.78 is 1.84. The Hall–Kier alpha value is -2.03. The van der Waals surface area contributed by atoms with Crippen LogP contribution in [0.3, 0.4) is 0 Å². The average molecular weight is 386 g/mol. The first-order chi connectivity index (χ1) is 11.8. The third kappa shape index (κ3) is 8.06. The number of benzene rings is 1. The van der Waals surface area contributed by atoms with Gasteiger partial charge in [0.1, 0.15) is 24.5 Å². The van der Waals surface area contributed by atoms with Crippen molar-refractivity contribution in [3.05, 3.63) is 35.8 Å². The second kappa shape index (κ2) is 10.8. The molecule has 0 radical (unpaired) electrons. The van der Waals surface area contributed by atoms with Gasteiger partial charge in [-0.3, -0.25) is 4.79 Å². The van der Waals surface area contributed by atoms with E-state index in [1.165, 1.54) is 11.3 Å². The van der Waals surface area contributed by atoms with Crippen molar-refractivity contribution in [2.75, 3.05) is 24.9 Å². The molecule has 0 spiro atoms. The molecule has 9 heteroatoms. The number of hydrogen-bond donors (Lipinski definition) is 2. The number of aliphatic hydroxyl groups is 1. The normalized spacial score (nSPS) is 11.7. The van der Waals surface area contributed by atoms with Crippen LogP contribution < -0.4 is 9.47 Å². The van der Waals surface area contributed by atoms with Gasteiger partial charge in [-0.05, 0) is 40.7 Å². The summed E-state index contributed by atoms with van der Waals surface area (Å²) in [6.07, 6.45) is 1.28. The van der Waals surface area contributed by atoms with E-state index in [-0.39, 0.29) is 5.88 Å². The van der Waals surface area contributed by atoms with Crippen LogP contribution in [0.1, 0.15) is 6.92 Å². The number of hydrogen-bond acceptors (Lipinski definition) is 6. The van der Waals surface area contributed by atoms with Crippen LogP contribution in [0.5, 0.6) is 0 Å². The highest BCUT2D eigenvalue weighted by molar-refractivity contribution is 7.12. The maximum absolute atomic E-state index is 9.60. The molecule has 2 N–H and O–H groups in total. The monoisotopic (exact) mass is 385 g/mol. The van der Waals surface area contributed by atoms with Crippen LogP contribution in [-0.2, 0) is 11.3 Å². The summed E-state index contributed by atoms with van der Waals surface area (Å²) in [4.78, 5) is 11.0. The van der Waals surface area contributed by atoms with E-state index in [1.807, 2.05) is 59.4 Å². The molecule has 0 aliphatic carbocycles. The molecular formula is C16H22ClN4O3S+. The molecule has 1 heterocycles. The number of rotatable bonds is 6. The fraction of sp³-hybridized carbons (Fsp3) is 0.375. The number of carboxylic acids is 1. The number of carboxylic acid groups (broad SMARTS) is 1. The van der Waals surface area contributed by atoms with E-state index in [4.69, 9.17) is 21.5 Å². The predicted molar refractivity (Wildman–Crippen MR) is 99.5 cm³/mol. The van der Waals surface area contributed by atoms with Gasteiger partial charge in [0.05, 0.1) is 11.0 Å². The zero-order chi connectivity index (χ0) is 18.8. The van der Waals surface area contributed by atoms with Gasteiger partial charge < -0.3 is 15.1 Å². The van der Waals surface area contributed by atoms with Crippen molar-refractivity contribution < 1.29 is 19.6 Å². The fourth-order valence-corrected chi connectivity index (χ4v) is 2.50. The van der Waals surface area contributed by atoms with Crippen LogP contribution in [0.15, 0.2) is 46.1 Å². The van der Waals surface area contributed by atoms with Crippen molar-refractivity contribution in [2.24, 2.45) is 10.2 Å². The summed E-state index contributed by atoms with van der Waals surface area (Å²) in [6, 6.07) is 7.83. The molecule has 0 fully saturated rings. The van der Waals surface area contributed by atoms with Crippen molar-refractivity contribution in [3.63, 3.8) is 0 Å². The second-order valence-electron chi connectivity index (χ2n) is 5.28. The minimum absolute atomic E-state index is 0.200. The van der Waals surface area contributed by atoms with E-state index in [2.05, 4.69) is 10.2 Å². The van der Waals surface area contributed by atoms with Crippen LogP contribution in [0.25, 0.3) is 0 Å². The summed E-state index contributed by atoms with van der Waals surface area (Å²) >= 11 is 7.09. The van der Waals surface area contributed by atoms with Crippen LogP contribution in [0.4, 0.5) is 16.5 Å². The van der Waals surface area contributed by atoms with Gasteiger partial charge in [0, 0.05) is 32.1 Å². The van der Waals surface area contributed by atoms with Crippen LogP contribution in [-0.4, -0.2) is 42.3 Å². The Balaban J connectivity index is 0.000000705. The highest BCUT2D eigenvalue weighted by atomic mass is 35.5. The zero-order valence-electron chi connectivity index (χ0n) is 14.3. The zero-order valence-corrected chi connectivity index (χ0v) is 15.9. The lowest BCUT2D eigenvalue weighted by atomic mass is 10.3. The smallest absolute Gasteiger partial charge is 0.408 e. The maximum atomic E-state index is 9.60. The summed E-state index contributed by atoms with van der Waals surface area (Å²) in [5, 5.41) is 28.1. The maximum Gasteiger partial charge on any atom is 0.408 e. The largest absolute Gasteiger partial charge is 0.481 e. The lowest BCUT2D eigenvalue weighted by Crippen LogP contribution is -2.38. The molecule has 0 aliphatic rings. The number of aliphatic carboxylic acids is 1. The number of azo groups is 1. The molecule has 1 aromatic carbocycles. The third-order valence-corrected chi connectivity index (χ3v) is 4.00. The standard InChI is InChI=1S/C14H18ClN4OS.C2H4O2/c1-18(2)12-5-3-11(4-6-12)16-17-14-19(7-8-21-14)10-13(20)9-15;1-2(3)4/h3-8,13,20H,9-10H2,1-2H3;1H3,(H,3,4)/q+1;. The van der Waals surface area contributed by atoms with Crippen molar-refractivity contribution in [2.45, 2.75) is 19.6 Å². The van der Waals surface area contributed by atoms with Crippen LogP contribution >= 0.6 is 22.9 Å². The molecule has 7 nitrogen and oxygen atoms in total. The summed E-state index contributed by atoms with van der Waals surface area (Å²) in [5.74, 6) is -0.634. The first kappa shape index (κ1) is 21.0. The van der Waals surface area contributed by atoms with Crippen molar-refractivity contribution in [1.82, 2.24) is 0 Å². The minimum atomic E-state index is -0.833. The summed E-state index contributed by atoms with van der Waals surface area (Å²) in [6.45, 7) is 1.50. The lowest BCUT2D eigenvalue weighted by molar-refractivity contribution is -0.686. The Morgan fingerprint density at radius 3 is 2.44 bits per heavy atom. The van der Waals surface area contributed by atoms with E-state index < -0.39 is 12.1 Å². The SMILES string of the molecule is CC(=O)O.CN(C)c1ccc(N=Nc2scc[n+]2CC(O)CCl)cc1. The van der Waals surface area contributed by atoms with Crippen molar-refractivity contribution in [3.8, 4) is 0 Å². The number of anilines is 1. The number of thiazole rings is 1. The molecule has 0 amide bonds. The predicted octanol–water partition coefficient (Wildman–Crippen LogP) is 3.21. The number of carbonyl (C=O) groups is 1. The van der Waals surface area contributed by atoms with Gasteiger partial charge in [0.25, 0.3) is 5.97 Å². The van der Waals surface area contributed by atoms with Gasteiger partial charge in [0.2, 0.25) is 0 Å². The van der Waals surface area contributed by atoms with Crippen LogP contribution in [0, 0.1) is 0 Å². The molecule has 0 saturated carbocycles.